The first-order valence-electron chi connectivity index (χ1n) is 7.13. The highest BCUT2D eigenvalue weighted by Gasteiger charge is 2.24. The monoisotopic (exact) mass is 303 g/mol. The number of fused-ring (bicyclic) bond motifs is 1. The number of nitrogens with one attached hydrogen (secondary N) is 1. The molecule has 4 nitrogen and oxygen atoms in total. The van der Waals surface area contributed by atoms with Gasteiger partial charge in [-0.15, -0.1) is 0 Å². The molecule has 110 valence electrons. The van der Waals surface area contributed by atoms with Gasteiger partial charge in [-0.25, -0.2) is 13.1 Å². The molecule has 0 amide bonds. The van der Waals surface area contributed by atoms with Gasteiger partial charge in [0, 0.05) is 12.0 Å². The molecule has 0 bridgehead atoms. The quantitative estimate of drug-likeness (QED) is 0.878. The third-order valence-electron chi connectivity index (χ3n) is 3.87. The van der Waals surface area contributed by atoms with E-state index in [4.69, 9.17) is 0 Å². The zero-order valence-corrected chi connectivity index (χ0v) is 12.5. The molecule has 0 aromatic heterocycles. The Bertz CT molecular complexity index is 714. The first kappa shape index (κ1) is 14.3. The molecule has 0 saturated heterocycles. The lowest BCUT2D eigenvalue weighted by molar-refractivity contribution is -0.697. The molecule has 1 atom stereocenters. The lowest BCUT2D eigenvalue weighted by Crippen LogP contribution is -2.88. The van der Waals surface area contributed by atoms with Crippen LogP contribution in [0, 0.1) is 0 Å². The van der Waals surface area contributed by atoms with Crippen molar-refractivity contribution in [3.8, 4) is 0 Å². The van der Waals surface area contributed by atoms with E-state index in [1.165, 1.54) is 11.1 Å². The summed E-state index contributed by atoms with van der Waals surface area (Å²) in [6.07, 6.45) is 1.04. The first-order valence-corrected chi connectivity index (χ1v) is 8.61. The highest BCUT2D eigenvalue weighted by atomic mass is 32.2. The van der Waals surface area contributed by atoms with Gasteiger partial charge in [0.1, 0.15) is 6.04 Å². The van der Waals surface area contributed by atoms with Crippen molar-refractivity contribution in [2.45, 2.75) is 17.4 Å². The predicted octanol–water partition coefficient (Wildman–Crippen LogP) is 0.826. The first-order chi connectivity index (χ1) is 10.2. The third kappa shape index (κ3) is 3.15. The van der Waals surface area contributed by atoms with E-state index in [0.29, 0.717) is 11.4 Å². The summed E-state index contributed by atoms with van der Waals surface area (Å²) in [5, 5.41) is 2.20. The summed E-state index contributed by atoms with van der Waals surface area (Å²) in [5.74, 6) is 0. The molecule has 2 aromatic carbocycles. The minimum Gasteiger partial charge on any atom is -0.339 e. The molecule has 0 fully saturated rings. The number of quaternary nitrogens is 1. The fourth-order valence-corrected chi connectivity index (χ4v) is 3.85. The van der Waals surface area contributed by atoms with Crippen molar-refractivity contribution >= 4 is 10.0 Å². The Morgan fingerprint density at radius 3 is 2.57 bits per heavy atom. The fourth-order valence-electron chi connectivity index (χ4n) is 2.77. The van der Waals surface area contributed by atoms with Crippen LogP contribution in [0.15, 0.2) is 59.5 Å². The molecule has 2 aromatic rings. The van der Waals surface area contributed by atoms with Crippen LogP contribution in [0.3, 0.4) is 0 Å². The zero-order chi connectivity index (χ0) is 14.7. The van der Waals surface area contributed by atoms with Crippen molar-refractivity contribution in [3.05, 3.63) is 65.7 Å². The highest BCUT2D eigenvalue weighted by Crippen LogP contribution is 2.18. The topological polar surface area (TPSA) is 62.8 Å². The third-order valence-corrected chi connectivity index (χ3v) is 5.31. The van der Waals surface area contributed by atoms with E-state index in [1.807, 2.05) is 18.2 Å². The molecule has 1 aliphatic rings. The van der Waals surface area contributed by atoms with E-state index in [-0.39, 0.29) is 6.04 Å². The van der Waals surface area contributed by atoms with Crippen LogP contribution >= 0.6 is 0 Å². The van der Waals surface area contributed by atoms with Gasteiger partial charge in [-0.05, 0) is 17.7 Å². The summed E-state index contributed by atoms with van der Waals surface area (Å²) in [6, 6.07) is 16.9. The molecule has 1 heterocycles. The van der Waals surface area contributed by atoms with Crippen LogP contribution in [0.4, 0.5) is 0 Å². The van der Waals surface area contributed by atoms with Crippen LogP contribution in [-0.4, -0.2) is 21.5 Å². The Labute approximate surface area is 125 Å². The lowest BCUT2D eigenvalue weighted by Gasteiger charge is -2.24. The number of rotatable bonds is 4. The summed E-state index contributed by atoms with van der Waals surface area (Å²) >= 11 is 0. The SMILES string of the molecule is O=S(=O)(NCC1[NH2+]CCc2ccccc21)c1ccccc1. The van der Waals surface area contributed by atoms with Gasteiger partial charge >= 0.3 is 0 Å². The Balaban J connectivity index is 1.75. The molecule has 1 aliphatic heterocycles. The standard InChI is InChI=1S/C16H18N2O2S/c19-21(20,14-7-2-1-3-8-14)18-12-16-15-9-5-4-6-13(15)10-11-17-16/h1-9,16-18H,10-12H2/p+1. The highest BCUT2D eigenvalue weighted by molar-refractivity contribution is 7.89. The van der Waals surface area contributed by atoms with Crippen LogP contribution in [0.5, 0.6) is 0 Å². The summed E-state index contributed by atoms with van der Waals surface area (Å²) < 4.78 is 27.3. The molecule has 21 heavy (non-hydrogen) atoms. The van der Waals surface area contributed by atoms with Gasteiger partial charge in [0.25, 0.3) is 0 Å². The normalized spacial score (nSPS) is 18.2. The maximum atomic E-state index is 12.3. The summed E-state index contributed by atoms with van der Waals surface area (Å²) in [4.78, 5) is 0.314. The maximum absolute atomic E-state index is 12.3. The molecule has 0 radical (unpaired) electrons. The smallest absolute Gasteiger partial charge is 0.240 e. The molecular weight excluding hydrogens is 284 g/mol. The number of hydrogen-bond acceptors (Lipinski definition) is 2. The van der Waals surface area contributed by atoms with E-state index in [1.54, 1.807) is 24.3 Å². The number of benzene rings is 2. The van der Waals surface area contributed by atoms with Gasteiger partial charge in [0.2, 0.25) is 10.0 Å². The van der Waals surface area contributed by atoms with E-state index >= 15 is 0 Å². The molecule has 1 unspecified atom stereocenters. The van der Waals surface area contributed by atoms with Crippen molar-refractivity contribution in [1.29, 1.82) is 0 Å². The van der Waals surface area contributed by atoms with Crippen molar-refractivity contribution in [1.82, 2.24) is 4.72 Å². The number of hydrogen-bond donors (Lipinski definition) is 2. The van der Waals surface area contributed by atoms with Gasteiger partial charge in [0.15, 0.2) is 0 Å². The van der Waals surface area contributed by atoms with Gasteiger partial charge in [-0.3, -0.25) is 0 Å². The molecule has 3 rings (SSSR count). The van der Waals surface area contributed by atoms with E-state index in [9.17, 15) is 8.42 Å². The van der Waals surface area contributed by atoms with E-state index in [0.717, 1.165) is 13.0 Å². The average molecular weight is 303 g/mol. The van der Waals surface area contributed by atoms with Gasteiger partial charge in [-0.1, -0.05) is 42.5 Å². The fraction of sp³-hybridized carbons (Fsp3) is 0.250. The second-order valence-electron chi connectivity index (χ2n) is 5.24. The zero-order valence-electron chi connectivity index (χ0n) is 11.7. The summed E-state index contributed by atoms with van der Waals surface area (Å²) in [7, 11) is -3.43. The molecule has 0 spiro atoms. The Hall–Kier alpha value is -1.69. The van der Waals surface area contributed by atoms with Crippen molar-refractivity contribution in [2.75, 3.05) is 13.1 Å². The van der Waals surface area contributed by atoms with Crippen molar-refractivity contribution in [2.24, 2.45) is 0 Å². The Morgan fingerprint density at radius 2 is 1.76 bits per heavy atom. The van der Waals surface area contributed by atoms with Crippen LogP contribution in [0.25, 0.3) is 0 Å². The van der Waals surface area contributed by atoms with Crippen LogP contribution < -0.4 is 10.0 Å². The maximum Gasteiger partial charge on any atom is 0.240 e. The van der Waals surface area contributed by atoms with Crippen LogP contribution in [-0.2, 0) is 16.4 Å². The molecule has 0 saturated carbocycles. The summed E-state index contributed by atoms with van der Waals surface area (Å²) in [6.45, 7) is 1.41. The van der Waals surface area contributed by atoms with Gasteiger partial charge < -0.3 is 5.32 Å². The van der Waals surface area contributed by atoms with Gasteiger partial charge in [0.05, 0.1) is 18.0 Å². The molecule has 5 heteroatoms. The van der Waals surface area contributed by atoms with E-state index < -0.39 is 10.0 Å². The lowest BCUT2D eigenvalue weighted by atomic mass is 9.95. The Morgan fingerprint density at radius 1 is 1.05 bits per heavy atom. The summed E-state index contributed by atoms with van der Waals surface area (Å²) in [5.41, 5.74) is 2.56. The van der Waals surface area contributed by atoms with Crippen molar-refractivity contribution in [3.63, 3.8) is 0 Å². The Kier molecular flexibility index (Phi) is 4.05. The van der Waals surface area contributed by atoms with Crippen LogP contribution in [0.2, 0.25) is 0 Å². The predicted molar refractivity (Wildman–Crippen MR) is 81.3 cm³/mol. The average Bonchev–Trinajstić information content (AvgIpc) is 2.54. The van der Waals surface area contributed by atoms with Crippen LogP contribution in [0.1, 0.15) is 17.2 Å². The van der Waals surface area contributed by atoms with Gasteiger partial charge in [-0.2, -0.15) is 0 Å². The largest absolute Gasteiger partial charge is 0.339 e. The molecular formula is C16H19N2O2S+. The van der Waals surface area contributed by atoms with Crippen molar-refractivity contribution < 1.29 is 13.7 Å². The molecule has 3 N–H and O–H groups in total. The second kappa shape index (κ2) is 5.97. The second-order valence-corrected chi connectivity index (χ2v) is 7.01. The van der Waals surface area contributed by atoms with E-state index in [2.05, 4.69) is 22.2 Å². The minimum absolute atomic E-state index is 0.147. The number of nitrogens with two attached hydrogens (primary N) is 1. The number of sulfonamides is 1. The molecule has 0 aliphatic carbocycles. The minimum atomic E-state index is -3.43.